The van der Waals surface area contributed by atoms with Gasteiger partial charge in [0.25, 0.3) is 0 Å². The molecule has 1 rings (SSSR count). The van der Waals surface area contributed by atoms with Crippen molar-refractivity contribution in [2.75, 3.05) is 0 Å². The van der Waals surface area contributed by atoms with Gasteiger partial charge in [0.1, 0.15) is 0 Å². The molecule has 1 aliphatic carbocycles. The molecule has 2 N–H and O–H groups in total. The average Bonchev–Trinajstić information content (AvgIpc) is 2.18. The molecule has 0 aromatic heterocycles. The number of carbonyl (C=O) groups excluding carboxylic acids is 1. The molecule has 1 aliphatic rings. The molecule has 0 atom stereocenters. The van der Waals surface area contributed by atoms with Crippen molar-refractivity contribution in [2.24, 2.45) is 5.92 Å². The zero-order valence-corrected chi connectivity index (χ0v) is 9.09. The van der Waals surface area contributed by atoms with Crippen molar-refractivity contribution in [2.45, 2.75) is 44.3 Å². The molecule has 0 aliphatic heterocycles. The summed E-state index contributed by atoms with van der Waals surface area (Å²) in [5.41, 5.74) is 0. The minimum Gasteiger partial charge on any atom is -0.481 e. The molecule has 0 heterocycles. The second-order valence-corrected chi connectivity index (χ2v) is 4.29. The number of carboxylic acids is 1. The van der Waals surface area contributed by atoms with Gasteiger partial charge in [-0.3, -0.25) is 9.59 Å². The number of carbonyl (C=O) groups is 2. The minimum atomic E-state index is -4.85. The normalized spacial score (nSPS) is 25.4. The Hall–Kier alpha value is -1.27. The maximum Gasteiger partial charge on any atom is 0.471 e. The third-order valence-electron chi connectivity index (χ3n) is 2.90. The Morgan fingerprint density at radius 2 is 1.71 bits per heavy atom. The van der Waals surface area contributed by atoms with E-state index in [1.807, 2.05) is 5.32 Å². The molecular weight excluding hydrogens is 239 g/mol. The molecule has 0 spiro atoms. The minimum absolute atomic E-state index is 0.00605. The number of rotatable bonds is 3. The zero-order chi connectivity index (χ0) is 13.1. The van der Waals surface area contributed by atoms with E-state index in [2.05, 4.69) is 0 Å². The van der Waals surface area contributed by atoms with E-state index in [4.69, 9.17) is 5.11 Å². The molecule has 98 valence electrons. The number of carboxylic acid groups (broad SMARTS) is 1. The van der Waals surface area contributed by atoms with Gasteiger partial charge in [-0.25, -0.2) is 0 Å². The third-order valence-corrected chi connectivity index (χ3v) is 2.90. The second-order valence-electron chi connectivity index (χ2n) is 4.29. The van der Waals surface area contributed by atoms with Gasteiger partial charge < -0.3 is 10.4 Å². The Morgan fingerprint density at radius 1 is 1.18 bits per heavy atom. The number of alkyl halides is 3. The molecule has 7 heteroatoms. The van der Waals surface area contributed by atoms with E-state index in [1.54, 1.807) is 0 Å². The average molecular weight is 253 g/mol. The number of hydrogen-bond donors (Lipinski definition) is 2. The standard InChI is InChI=1S/C10H14F3NO3/c11-10(12,13)9(17)14-7-3-1-6(2-4-7)5-8(15)16/h6-7H,1-5H2,(H,14,17)(H,15,16). The Bertz CT molecular complexity index is 296. The summed E-state index contributed by atoms with van der Waals surface area (Å²) >= 11 is 0. The van der Waals surface area contributed by atoms with Crippen LogP contribution < -0.4 is 5.32 Å². The van der Waals surface area contributed by atoms with E-state index < -0.39 is 24.1 Å². The van der Waals surface area contributed by atoms with E-state index in [0.717, 1.165) is 0 Å². The summed E-state index contributed by atoms with van der Waals surface area (Å²) in [5, 5.41) is 10.5. The first-order valence-electron chi connectivity index (χ1n) is 5.38. The van der Waals surface area contributed by atoms with Crippen LogP contribution >= 0.6 is 0 Å². The summed E-state index contributed by atoms with van der Waals surface area (Å²) in [4.78, 5) is 21.1. The first kappa shape index (κ1) is 13.8. The van der Waals surface area contributed by atoms with Crippen LogP contribution in [0.5, 0.6) is 0 Å². The topological polar surface area (TPSA) is 66.4 Å². The van der Waals surface area contributed by atoms with Crippen molar-refractivity contribution < 1.29 is 27.9 Å². The highest BCUT2D eigenvalue weighted by Gasteiger charge is 2.40. The predicted octanol–water partition coefficient (Wildman–Crippen LogP) is 1.70. The van der Waals surface area contributed by atoms with Crippen LogP contribution in [0.3, 0.4) is 0 Å². The largest absolute Gasteiger partial charge is 0.481 e. The molecule has 0 bridgehead atoms. The maximum atomic E-state index is 12.0. The van der Waals surface area contributed by atoms with Gasteiger partial charge >= 0.3 is 18.1 Å². The van der Waals surface area contributed by atoms with Gasteiger partial charge in [0.05, 0.1) is 0 Å². The third kappa shape index (κ3) is 4.62. The molecule has 1 saturated carbocycles. The van der Waals surface area contributed by atoms with E-state index in [0.29, 0.717) is 25.7 Å². The molecule has 1 amide bonds. The number of hydrogen-bond acceptors (Lipinski definition) is 2. The molecule has 1 fully saturated rings. The lowest BCUT2D eigenvalue weighted by atomic mass is 9.84. The first-order chi connectivity index (χ1) is 7.79. The van der Waals surface area contributed by atoms with Crippen LogP contribution in [0.15, 0.2) is 0 Å². The van der Waals surface area contributed by atoms with Crippen molar-refractivity contribution in [3.63, 3.8) is 0 Å². The van der Waals surface area contributed by atoms with E-state index in [9.17, 15) is 22.8 Å². The molecule has 0 unspecified atom stereocenters. The fraction of sp³-hybridized carbons (Fsp3) is 0.800. The monoisotopic (exact) mass is 253 g/mol. The van der Waals surface area contributed by atoms with Crippen molar-refractivity contribution in [3.8, 4) is 0 Å². The van der Waals surface area contributed by atoms with Gasteiger partial charge in [-0.05, 0) is 31.6 Å². The Labute approximate surface area is 96.2 Å². The van der Waals surface area contributed by atoms with Gasteiger partial charge in [0, 0.05) is 12.5 Å². The summed E-state index contributed by atoms with van der Waals surface area (Å²) in [6, 6.07) is -0.492. The van der Waals surface area contributed by atoms with Crippen LogP contribution in [0.2, 0.25) is 0 Å². The molecule has 0 aromatic carbocycles. The van der Waals surface area contributed by atoms with Gasteiger partial charge in [-0.1, -0.05) is 0 Å². The number of amides is 1. The fourth-order valence-electron chi connectivity index (χ4n) is 2.03. The highest BCUT2D eigenvalue weighted by Crippen LogP contribution is 2.27. The Morgan fingerprint density at radius 3 is 2.12 bits per heavy atom. The van der Waals surface area contributed by atoms with Crippen LogP contribution in [0, 0.1) is 5.92 Å². The van der Waals surface area contributed by atoms with E-state index in [-0.39, 0.29) is 12.3 Å². The quantitative estimate of drug-likeness (QED) is 0.804. The lowest BCUT2D eigenvalue weighted by Crippen LogP contribution is -2.44. The van der Waals surface area contributed by atoms with E-state index in [1.165, 1.54) is 0 Å². The first-order valence-corrected chi connectivity index (χ1v) is 5.38. The summed E-state index contributed by atoms with van der Waals surface area (Å²) in [7, 11) is 0. The molecule has 0 radical (unpaired) electrons. The highest BCUT2D eigenvalue weighted by atomic mass is 19.4. The maximum absolute atomic E-state index is 12.0. The lowest BCUT2D eigenvalue weighted by molar-refractivity contribution is -0.174. The van der Waals surface area contributed by atoms with Crippen molar-refractivity contribution in [1.29, 1.82) is 0 Å². The van der Waals surface area contributed by atoms with Crippen molar-refractivity contribution >= 4 is 11.9 Å². The lowest BCUT2D eigenvalue weighted by Gasteiger charge is -2.28. The summed E-state index contributed by atoms with van der Waals surface area (Å²) < 4.78 is 35.9. The predicted molar refractivity (Wildman–Crippen MR) is 52.2 cm³/mol. The number of aliphatic carboxylic acids is 1. The van der Waals surface area contributed by atoms with Crippen molar-refractivity contribution in [1.82, 2.24) is 5.32 Å². The molecule has 0 aromatic rings. The van der Waals surface area contributed by atoms with Gasteiger partial charge in [0.15, 0.2) is 0 Å². The van der Waals surface area contributed by atoms with Crippen molar-refractivity contribution in [3.05, 3.63) is 0 Å². The Kier molecular flexibility index (Phi) is 4.36. The summed E-state index contributed by atoms with van der Waals surface area (Å²) in [6.07, 6.45) is -2.93. The summed E-state index contributed by atoms with van der Waals surface area (Å²) in [6.45, 7) is 0. The smallest absolute Gasteiger partial charge is 0.471 e. The van der Waals surface area contributed by atoms with E-state index >= 15 is 0 Å². The molecular formula is C10H14F3NO3. The molecule has 4 nitrogen and oxygen atoms in total. The van der Waals surface area contributed by atoms with Crippen LogP contribution in [-0.2, 0) is 9.59 Å². The van der Waals surface area contributed by atoms with Crippen LogP contribution in [0.1, 0.15) is 32.1 Å². The SMILES string of the molecule is O=C(O)CC1CCC(NC(=O)C(F)(F)F)CC1. The number of halogens is 3. The van der Waals surface area contributed by atoms with Crippen LogP contribution in [-0.4, -0.2) is 29.2 Å². The summed E-state index contributed by atoms with van der Waals surface area (Å²) in [5.74, 6) is -2.81. The van der Waals surface area contributed by atoms with Crippen LogP contribution in [0.25, 0.3) is 0 Å². The zero-order valence-electron chi connectivity index (χ0n) is 9.09. The second kappa shape index (κ2) is 5.37. The molecule has 0 saturated heterocycles. The number of nitrogens with one attached hydrogen (secondary N) is 1. The van der Waals surface area contributed by atoms with Gasteiger partial charge in [0.2, 0.25) is 0 Å². The van der Waals surface area contributed by atoms with Crippen LogP contribution in [0.4, 0.5) is 13.2 Å². The fourth-order valence-corrected chi connectivity index (χ4v) is 2.03. The molecule has 17 heavy (non-hydrogen) atoms. The Balaban J connectivity index is 2.33. The van der Waals surface area contributed by atoms with Gasteiger partial charge in [-0.2, -0.15) is 13.2 Å². The van der Waals surface area contributed by atoms with Gasteiger partial charge in [-0.15, -0.1) is 0 Å². The highest BCUT2D eigenvalue weighted by molar-refractivity contribution is 5.81.